The van der Waals surface area contributed by atoms with Gasteiger partial charge in [-0.05, 0) is 24.1 Å². The van der Waals surface area contributed by atoms with Gasteiger partial charge in [0.15, 0.2) is 5.78 Å². The second-order valence-corrected chi connectivity index (χ2v) is 5.22. The Morgan fingerprint density at radius 3 is 2.76 bits per heavy atom. The highest BCUT2D eigenvalue weighted by molar-refractivity contribution is 6.01. The van der Waals surface area contributed by atoms with Gasteiger partial charge in [-0.25, -0.2) is 0 Å². The molecule has 0 aliphatic heterocycles. The molecule has 0 saturated heterocycles. The van der Waals surface area contributed by atoms with Gasteiger partial charge in [0.1, 0.15) is 0 Å². The fourth-order valence-electron chi connectivity index (χ4n) is 2.65. The zero-order valence-electron chi connectivity index (χ0n) is 11.6. The molecule has 0 saturated carbocycles. The van der Waals surface area contributed by atoms with Gasteiger partial charge < -0.3 is 5.32 Å². The molecule has 1 aromatic carbocycles. The van der Waals surface area contributed by atoms with Crippen LogP contribution in [0.4, 0.5) is 0 Å². The Labute approximate surface area is 123 Å². The number of fused-ring (bicyclic) bond motifs is 1. The number of carbonyl (C=O) groups is 2. The topological polar surface area (TPSA) is 59.1 Å². The molecule has 1 heterocycles. The lowest BCUT2D eigenvalue weighted by Gasteiger charge is -2.22. The number of carbonyl (C=O) groups excluding carboxylic acids is 2. The van der Waals surface area contributed by atoms with Crippen LogP contribution in [0.3, 0.4) is 0 Å². The van der Waals surface area contributed by atoms with Gasteiger partial charge in [-0.15, -0.1) is 0 Å². The Morgan fingerprint density at radius 1 is 1.14 bits per heavy atom. The molecule has 0 radical (unpaired) electrons. The molecule has 1 N–H and O–H groups in total. The van der Waals surface area contributed by atoms with E-state index in [1.807, 2.05) is 42.5 Å². The van der Waals surface area contributed by atoms with Crippen molar-refractivity contribution in [3.8, 4) is 0 Å². The van der Waals surface area contributed by atoms with Gasteiger partial charge in [0.05, 0.1) is 12.2 Å². The number of benzene rings is 1. The molecular weight excluding hydrogens is 264 g/mol. The van der Waals surface area contributed by atoms with Crippen molar-refractivity contribution in [3.63, 3.8) is 0 Å². The molecule has 21 heavy (non-hydrogen) atoms. The van der Waals surface area contributed by atoms with Gasteiger partial charge in [-0.1, -0.05) is 30.3 Å². The summed E-state index contributed by atoms with van der Waals surface area (Å²) in [6, 6.07) is 13.1. The summed E-state index contributed by atoms with van der Waals surface area (Å²) in [5.74, 6) is -0.311. The lowest BCUT2D eigenvalue weighted by Crippen LogP contribution is -2.35. The summed E-state index contributed by atoms with van der Waals surface area (Å²) in [5.41, 5.74) is 2.53. The van der Waals surface area contributed by atoms with Gasteiger partial charge in [-0.3, -0.25) is 14.6 Å². The molecule has 3 rings (SSSR count). The maximum Gasteiger partial charge on any atom is 0.224 e. The number of hydrogen-bond donors (Lipinski definition) is 1. The van der Waals surface area contributed by atoms with Gasteiger partial charge in [0, 0.05) is 24.1 Å². The van der Waals surface area contributed by atoms with Gasteiger partial charge >= 0.3 is 0 Å². The minimum Gasteiger partial charge on any atom is -0.350 e. The molecule has 106 valence electrons. The monoisotopic (exact) mass is 280 g/mol. The van der Waals surface area contributed by atoms with Crippen molar-refractivity contribution in [2.75, 3.05) is 0 Å². The van der Waals surface area contributed by atoms with Crippen LogP contribution in [0.2, 0.25) is 0 Å². The van der Waals surface area contributed by atoms with Gasteiger partial charge in [-0.2, -0.15) is 0 Å². The molecule has 1 aliphatic rings. The number of pyridine rings is 1. The number of hydrogen-bond acceptors (Lipinski definition) is 3. The smallest absolute Gasteiger partial charge is 0.224 e. The first-order chi connectivity index (χ1) is 10.2. The number of nitrogens with one attached hydrogen (secondary N) is 1. The summed E-state index contributed by atoms with van der Waals surface area (Å²) in [6.07, 6.45) is 2.60. The van der Waals surface area contributed by atoms with Crippen LogP contribution in [-0.4, -0.2) is 16.7 Å². The van der Waals surface area contributed by atoms with Crippen molar-refractivity contribution >= 4 is 11.7 Å². The van der Waals surface area contributed by atoms with Crippen LogP contribution in [0, 0.1) is 5.92 Å². The van der Waals surface area contributed by atoms with E-state index >= 15 is 0 Å². The second kappa shape index (κ2) is 5.87. The molecule has 0 bridgehead atoms. The minimum atomic E-state index is -0.281. The highest BCUT2D eigenvalue weighted by atomic mass is 16.2. The average Bonchev–Trinajstić information content (AvgIpc) is 2.53. The Kier molecular flexibility index (Phi) is 3.77. The summed E-state index contributed by atoms with van der Waals surface area (Å²) in [4.78, 5) is 28.5. The normalized spacial score (nSPS) is 17.1. The summed E-state index contributed by atoms with van der Waals surface area (Å²) < 4.78 is 0. The number of aromatic nitrogens is 1. The van der Waals surface area contributed by atoms with E-state index in [1.165, 1.54) is 0 Å². The lowest BCUT2D eigenvalue weighted by molar-refractivity contribution is -0.125. The Morgan fingerprint density at radius 2 is 1.95 bits per heavy atom. The molecule has 4 nitrogen and oxygen atoms in total. The quantitative estimate of drug-likeness (QED) is 0.937. The average molecular weight is 280 g/mol. The van der Waals surface area contributed by atoms with E-state index in [2.05, 4.69) is 10.3 Å². The van der Waals surface area contributed by atoms with E-state index in [0.29, 0.717) is 13.0 Å². The first-order valence-electron chi connectivity index (χ1n) is 7.03. The largest absolute Gasteiger partial charge is 0.350 e. The zero-order chi connectivity index (χ0) is 14.7. The van der Waals surface area contributed by atoms with Crippen molar-refractivity contribution < 1.29 is 9.59 Å². The van der Waals surface area contributed by atoms with Crippen LogP contribution in [-0.2, 0) is 17.8 Å². The lowest BCUT2D eigenvalue weighted by atomic mass is 9.82. The first-order valence-corrected chi connectivity index (χ1v) is 7.03. The molecular formula is C17H16N2O2. The van der Waals surface area contributed by atoms with Crippen LogP contribution in [0.5, 0.6) is 0 Å². The minimum absolute atomic E-state index is 0.0508. The molecule has 1 atom stereocenters. The van der Waals surface area contributed by atoms with E-state index < -0.39 is 0 Å². The second-order valence-electron chi connectivity index (χ2n) is 5.22. The van der Waals surface area contributed by atoms with Crippen molar-refractivity contribution in [1.82, 2.24) is 10.3 Å². The fourth-order valence-corrected chi connectivity index (χ4v) is 2.65. The van der Waals surface area contributed by atoms with Crippen molar-refractivity contribution in [1.29, 1.82) is 0 Å². The Hall–Kier alpha value is -2.49. The number of ketones is 1. The molecule has 0 spiro atoms. The van der Waals surface area contributed by atoms with Crippen LogP contribution in [0.1, 0.15) is 28.0 Å². The van der Waals surface area contributed by atoms with Gasteiger partial charge in [0.2, 0.25) is 5.91 Å². The van der Waals surface area contributed by atoms with Gasteiger partial charge in [0.25, 0.3) is 0 Å². The molecule has 1 amide bonds. The summed E-state index contributed by atoms with van der Waals surface area (Å²) in [5, 5.41) is 2.87. The molecule has 1 aromatic heterocycles. The molecule has 0 fully saturated rings. The third-order valence-electron chi connectivity index (χ3n) is 3.76. The Balaban J connectivity index is 1.65. The van der Waals surface area contributed by atoms with Crippen LogP contribution < -0.4 is 5.32 Å². The highest BCUT2D eigenvalue weighted by Gasteiger charge is 2.29. The molecule has 2 aromatic rings. The van der Waals surface area contributed by atoms with E-state index in [0.717, 1.165) is 16.8 Å². The highest BCUT2D eigenvalue weighted by Crippen LogP contribution is 2.25. The fraction of sp³-hybridized carbons (Fsp3) is 0.235. The van der Waals surface area contributed by atoms with E-state index in [4.69, 9.17) is 0 Å². The summed E-state index contributed by atoms with van der Waals surface area (Å²) in [6.45, 7) is 0.395. The third-order valence-corrected chi connectivity index (χ3v) is 3.76. The number of amides is 1. The van der Waals surface area contributed by atoms with E-state index in [9.17, 15) is 9.59 Å². The number of nitrogens with zero attached hydrogens (tertiary/aromatic N) is 1. The summed E-state index contributed by atoms with van der Waals surface area (Å²) in [7, 11) is 0. The molecule has 1 unspecified atom stereocenters. The van der Waals surface area contributed by atoms with Crippen molar-refractivity contribution in [3.05, 3.63) is 65.5 Å². The Bertz CT molecular complexity index is 668. The molecule has 1 aliphatic carbocycles. The van der Waals surface area contributed by atoms with Crippen molar-refractivity contribution in [2.45, 2.75) is 19.4 Å². The number of Topliss-reactive ketones (excluding diaryl/α,β-unsaturated/α-hetero) is 1. The van der Waals surface area contributed by atoms with Crippen LogP contribution in [0.15, 0.2) is 48.7 Å². The standard InChI is InChI=1S/C17H16N2O2/c20-16-10-13(9-12-5-1-2-7-15(12)16)17(21)19-11-14-6-3-4-8-18-14/h1-8,13H,9-11H2,(H,19,21). The summed E-state index contributed by atoms with van der Waals surface area (Å²) >= 11 is 0. The van der Waals surface area contributed by atoms with Crippen molar-refractivity contribution in [2.24, 2.45) is 5.92 Å². The van der Waals surface area contributed by atoms with E-state index in [-0.39, 0.29) is 24.0 Å². The predicted molar refractivity (Wildman–Crippen MR) is 78.7 cm³/mol. The van der Waals surface area contributed by atoms with Crippen LogP contribution >= 0.6 is 0 Å². The molecule has 4 heteroatoms. The zero-order valence-corrected chi connectivity index (χ0v) is 11.6. The maximum atomic E-state index is 12.2. The first kappa shape index (κ1) is 13.5. The van der Waals surface area contributed by atoms with Crippen LogP contribution in [0.25, 0.3) is 0 Å². The number of rotatable bonds is 3. The third kappa shape index (κ3) is 2.99. The SMILES string of the molecule is O=C1CC(C(=O)NCc2ccccn2)Cc2ccccc21. The van der Waals surface area contributed by atoms with E-state index in [1.54, 1.807) is 6.20 Å². The maximum absolute atomic E-state index is 12.2. The predicted octanol–water partition coefficient (Wildman–Crippen LogP) is 2.14.